The third-order valence-corrected chi connectivity index (χ3v) is 4.19. The third kappa shape index (κ3) is 3.00. The fraction of sp³-hybridized carbons (Fsp3) is 0.176. The second-order valence-corrected chi connectivity index (χ2v) is 5.57. The average molecular weight is 330 g/mol. The van der Waals surface area contributed by atoms with Crippen molar-refractivity contribution in [3.05, 3.63) is 59.7 Å². The van der Waals surface area contributed by atoms with E-state index in [9.17, 15) is 9.90 Å². The molecule has 0 saturated heterocycles. The molecule has 118 valence electrons. The number of benzene rings is 2. The van der Waals surface area contributed by atoms with Crippen LogP contribution >= 0.6 is 11.6 Å². The normalized spacial score (nSPS) is 12.3. The van der Waals surface area contributed by atoms with Crippen molar-refractivity contribution < 1.29 is 9.90 Å². The average Bonchev–Trinajstić information content (AvgIpc) is 2.97. The summed E-state index contributed by atoms with van der Waals surface area (Å²) in [4.78, 5) is 19.7. The number of H-pyrrole nitrogens is 1. The highest BCUT2D eigenvalue weighted by Gasteiger charge is 2.17. The van der Waals surface area contributed by atoms with Crippen molar-refractivity contribution in [1.29, 1.82) is 0 Å². The molecule has 1 aromatic heterocycles. The van der Waals surface area contributed by atoms with Gasteiger partial charge in [0.1, 0.15) is 0 Å². The molecule has 2 N–H and O–H groups in total. The van der Waals surface area contributed by atoms with Gasteiger partial charge in [0.2, 0.25) is 5.95 Å². The monoisotopic (exact) mass is 329 g/mol. The highest BCUT2D eigenvalue weighted by molar-refractivity contribution is 6.22. The van der Waals surface area contributed by atoms with Crippen LogP contribution in [0.5, 0.6) is 0 Å². The molecule has 0 radical (unpaired) electrons. The maximum absolute atomic E-state index is 11.2. The minimum Gasteiger partial charge on any atom is -0.465 e. The number of anilines is 1. The molecule has 1 atom stereocenters. The van der Waals surface area contributed by atoms with Crippen molar-refractivity contribution in [1.82, 2.24) is 9.97 Å². The lowest BCUT2D eigenvalue weighted by molar-refractivity contribution is 0.202. The van der Waals surface area contributed by atoms with Gasteiger partial charge in [-0.1, -0.05) is 36.4 Å². The maximum Gasteiger partial charge on any atom is 0.414 e. The number of nitrogens with zero attached hydrogens (tertiary/aromatic N) is 2. The Labute approximate surface area is 138 Å². The third-order valence-electron chi connectivity index (χ3n) is 3.68. The van der Waals surface area contributed by atoms with E-state index in [1.807, 2.05) is 48.5 Å². The van der Waals surface area contributed by atoms with Gasteiger partial charge < -0.3 is 10.1 Å². The molecule has 1 heterocycles. The molecule has 0 bridgehead atoms. The van der Waals surface area contributed by atoms with Gasteiger partial charge in [0.05, 0.1) is 16.4 Å². The van der Waals surface area contributed by atoms with Crippen LogP contribution in [0.2, 0.25) is 0 Å². The zero-order chi connectivity index (χ0) is 16.4. The summed E-state index contributed by atoms with van der Waals surface area (Å²) < 4.78 is 0. The van der Waals surface area contributed by atoms with Gasteiger partial charge in [0.15, 0.2) is 0 Å². The first kappa shape index (κ1) is 15.4. The van der Waals surface area contributed by atoms with Crippen LogP contribution in [-0.2, 0) is 0 Å². The number of fused-ring (bicyclic) bond motifs is 1. The number of carbonyl (C=O) groups is 1. The molecular formula is C17H16ClN3O2. The summed E-state index contributed by atoms with van der Waals surface area (Å²) in [5, 5.41) is 8.92. The molecule has 0 fully saturated rings. The Hall–Kier alpha value is -2.53. The Kier molecular flexibility index (Phi) is 4.21. The minimum absolute atomic E-state index is 0.269. The van der Waals surface area contributed by atoms with Crippen LogP contribution in [0.3, 0.4) is 0 Å². The minimum atomic E-state index is -1.04. The highest BCUT2D eigenvalue weighted by atomic mass is 35.5. The number of amides is 1. The summed E-state index contributed by atoms with van der Waals surface area (Å²) in [6, 6.07) is 15.5. The number of nitrogens with one attached hydrogen (secondary N) is 1. The van der Waals surface area contributed by atoms with E-state index in [0.29, 0.717) is 18.0 Å². The summed E-state index contributed by atoms with van der Waals surface area (Å²) in [6.45, 7) is 2.08. The molecule has 1 unspecified atom stereocenters. The molecule has 3 rings (SSSR count). The Morgan fingerprint density at radius 1 is 1.26 bits per heavy atom. The van der Waals surface area contributed by atoms with Crippen molar-refractivity contribution in [2.45, 2.75) is 12.3 Å². The van der Waals surface area contributed by atoms with Crippen LogP contribution < -0.4 is 4.90 Å². The van der Waals surface area contributed by atoms with Gasteiger partial charge in [0.25, 0.3) is 0 Å². The first-order valence-corrected chi connectivity index (χ1v) is 7.73. The summed E-state index contributed by atoms with van der Waals surface area (Å²) >= 11 is 6.54. The van der Waals surface area contributed by atoms with Gasteiger partial charge in [-0.3, -0.25) is 0 Å². The van der Waals surface area contributed by atoms with Crippen LogP contribution in [0, 0.1) is 0 Å². The second-order valence-electron chi connectivity index (χ2n) is 5.14. The number of hydrogen-bond donors (Lipinski definition) is 2. The van der Waals surface area contributed by atoms with E-state index < -0.39 is 6.09 Å². The van der Waals surface area contributed by atoms with Gasteiger partial charge in [-0.25, -0.2) is 14.7 Å². The second kappa shape index (κ2) is 6.30. The Balaban J connectivity index is 1.98. The predicted octanol–water partition coefficient (Wildman–Crippen LogP) is 4.40. The number of alkyl halides is 1. The van der Waals surface area contributed by atoms with Crippen molar-refractivity contribution >= 4 is 34.7 Å². The molecule has 1 amide bonds. The van der Waals surface area contributed by atoms with Crippen LogP contribution in [0.1, 0.15) is 23.4 Å². The number of halogens is 1. The summed E-state index contributed by atoms with van der Waals surface area (Å²) in [5.74, 6) is 0.318. The van der Waals surface area contributed by atoms with Crippen LogP contribution in [0.25, 0.3) is 11.0 Å². The Morgan fingerprint density at radius 3 is 2.65 bits per heavy atom. The smallest absolute Gasteiger partial charge is 0.414 e. The Bertz CT molecular complexity index is 832. The van der Waals surface area contributed by atoms with Gasteiger partial charge in [-0.15, -0.1) is 11.6 Å². The summed E-state index contributed by atoms with van der Waals surface area (Å²) in [5.41, 5.74) is 3.41. The molecule has 3 aromatic rings. The van der Waals surface area contributed by atoms with Crippen molar-refractivity contribution in [3.8, 4) is 0 Å². The Morgan fingerprint density at radius 2 is 2.00 bits per heavy atom. The largest absolute Gasteiger partial charge is 0.465 e. The highest BCUT2D eigenvalue weighted by Crippen LogP contribution is 2.30. The number of hydrogen-bond acceptors (Lipinski definition) is 2. The van der Waals surface area contributed by atoms with Gasteiger partial charge >= 0.3 is 6.09 Å². The summed E-state index contributed by atoms with van der Waals surface area (Å²) in [6.07, 6.45) is -1.04. The molecule has 0 spiro atoms. The molecule has 0 aliphatic rings. The van der Waals surface area contributed by atoms with E-state index in [4.69, 9.17) is 11.6 Å². The molecule has 0 aliphatic carbocycles. The van der Waals surface area contributed by atoms with Crippen molar-refractivity contribution in [2.75, 3.05) is 11.4 Å². The first-order chi connectivity index (χ1) is 11.1. The van der Waals surface area contributed by atoms with Gasteiger partial charge in [-0.2, -0.15) is 0 Å². The van der Waals surface area contributed by atoms with Crippen LogP contribution in [0.15, 0.2) is 48.5 Å². The molecule has 23 heavy (non-hydrogen) atoms. The van der Waals surface area contributed by atoms with E-state index in [-0.39, 0.29) is 5.38 Å². The van der Waals surface area contributed by atoms with E-state index >= 15 is 0 Å². The predicted molar refractivity (Wildman–Crippen MR) is 91.3 cm³/mol. The van der Waals surface area contributed by atoms with Gasteiger partial charge in [0, 0.05) is 6.54 Å². The lowest BCUT2D eigenvalue weighted by atomic mass is 10.0. The molecule has 2 aromatic carbocycles. The SMILES string of the molecule is CCN(C(=O)O)c1nc2ccc(C(Cl)c3ccccc3)cc2[nH]1. The zero-order valence-electron chi connectivity index (χ0n) is 12.5. The van der Waals surface area contributed by atoms with Crippen LogP contribution in [0.4, 0.5) is 10.7 Å². The maximum atomic E-state index is 11.2. The van der Waals surface area contributed by atoms with E-state index in [1.54, 1.807) is 6.92 Å². The molecule has 0 aliphatic heterocycles. The standard InChI is InChI=1S/C17H16ClN3O2/c1-2-21(17(22)23)16-19-13-9-8-12(10-14(13)20-16)15(18)11-6-4-3-5-7-11/h3-10,15H,2H2,1H3,(H,19,20)(H,22,23). The number of aromatic nitrogens is 2. The topological polar surface area (TPSA) is 69.2 Å². The number of aromatic amines is 1. The molecule has 0 saturated carbocycles. The fourth-order valence-electron chi connectivity index (χ4n) is 2.49. The molecule has 5 nitrogen and oxygen atoms in total. The fourth-order valence-corrected chi connectivity index (χ4v) is 2.77. The molecule has 6 heteroatoms. The quantitative estimate of drug-likeness (QED) is 0.697. The summed E-state index contributed by atoms with van der Waals surface area (Å²) in [7, 11) is 0. The first-order valence-electron chi connectivity index (χ1n) is 7.29. The van der Waals surface area contributed by atoms with E-state index in [0.717, 1.165) is 21.5 Å². The number of rotatable bonds is 4. The zero-order valence-corrected chi connectivity index (χ0v) is 13.3. The van der Waals surface area contributed by atoms with E-state index in [2.05, 4.69) is 9.97 Å². The van der Waals surface area contributed by atoms with Gasteiger partial charge in [-0.05, 0) is 30.2 Å². The lowest BCUT2D eigenvalue weighted by Crippen LogP contribution is -2.29. The van der Waals surface area contributed by atoms with E-state index in [1.165, 1.54) is 0 Å². The number of carboxylic acid groups (broad SMARTS) is 1. The van der Waals surface area contributed by atoms with Crippen molar-refractivity contribution in [2.24, 2.45) is 0 Å². The number of imidazole rings is 1. The van der Waals surface area contributed by atoms with Crippen molar-refractivity contribution in [3.63, 3.8) is 0 Å². The molecular weight excluding hydrogens is 314 g/mol. The van der Waals surface area contributed by atoms with Crippen LogP contribution in [-0.4, -0.2) is 27.7 Å². The lowest BCUT2D eigenvalue weighted by Gasteiger charge is -2.12.